The van der Waals surface area contributed by atoms with Crippen molar-refractivity contribution in [2.45, 2.75) is 62.9 Å². The van der Waals surface area contributed by atoms with Gasteiger partial charge in [0.15, 0.2) is 0 Å². The molecule has 10 N–H and O–H groups in total. The minimum absolute atomic E-state index is 0.0896. The van der Waals surface area contributed by atoms with E-state index in [0.29, 0.717) is 5.56 Å². The predicted octanol–water partition coefficient (Wildman–Crippen LogP) is -2.78. The number of carbonyl (C=O) groups excluding carboxylic acids is 4. The number of primary amides is 1. The summed E-state index contributed by atoms with van der Waals surface area (Å²) >= 11 is 0. The molecule has 0 aromatic heterocycles. The zero-order chi connectivity index (χ0) is 27.4. The van der Waals surface area contributed by atoms with E-state index in [2.05, 4.69) is 16.0 Å². The summed E-state index contributed by atoms with van der Waals surface area (Å²) in [6.07, 6.45) is -3.03. The lowest BCUT2D eigenvalue weighted by Crippen LogP contribution is -2.58. The average molecular weight is 510 g/mol. The van der Waals surface area contributed by atoms with E-state index in [4.69, 9.17) is 16.6 Å². The fourth-order valence-electron chi connectivity index (χ4n) is 3.03. The number of benzene rings is 1. The minimum Gasteiger partial charge on any atom is -0.481 e. The van der Waals surface area contributed by atoms with Crippen molar-refractivity contribution in [1.29, 1.82) is 0 Å². The first-order valence-corrected chi connectivity index (χ1v) is 10.9. The van der Waals surface area contributed by atoms with Crippen molar-refractivity contribution in [3.8, 4) is 0 Å². The van der Waals surface area contributed by atoms with Crippen LogP contribution >= 0.6 is 0 Å². The molecule has 0 spiro atoms. The first kappa shape index (κ1) is 30.0. The van der Waals surface area contributed by atoms with Crippen molar-refractivity contribution in [1.82, 2.24) is 16.0 Å². The van der Waals surface area contributed by atoms with E-state index in [-0.39, 0.29) is 6.42 Å². The molecule has 0 heterocycles. The molecule has 1 aromatic carbocycles. The largest absolute Gasteiger partial charge is 0.481 e. The second-order valence-electron chi connectivity index (χ2n) is 8.08. The first-order chi connectivity index (χ1) is 16.8. The number of carboxylic acid groups (broad SMARTS) is 2. The fourth-order valence-corrected chi connectivity index (χ4v) is 3.03. The molecule has 5 unspecified atom stereocenters. The van der Waals surface area contributed by atoms with Gasteiger partial charge in [-0.3, -0.25) is 24.0 Å². The summed E-state index contributed by atoms with van der Waals surface area (Å²) in [6.45, 7) is 1.23. The number of rotatable bonds is 15. The fraction of sp³-hybridized carbons (Fsp3) is 0.455. The van der Waals surface area contributed by atoms with Crippen LogP contribution in [0.15, 0.2) is 30.3 Å². The lowest BCUT2D eigenvalue weighted by Gasteiger charge is -2.25. The maximum atomic E-state index is 12.8. The van der Waals surface area contributed by atoms with Crippen LogP contribution in [0.4, 0.5) is 0 Å². The Morgan fingerprint density at radius 1 is 0.861 bits per heavy atom. The van der Waals surface area contributed by atoms with Crippen LogP contribution in [0.3, 0.4) is 0 Å². The van der Waals surface area contributed by atoms with E-state index < -0.39 is 85.1 Å². The van der Waals surface area contributed by atoms with Gasteiger partial charge in [-0.2, -0.15) is 0 Å². The summed E-state index contributed by atoms with van der Waals surface area (Å²) < 4.78 is 0. The Bertz CT molecular complexity index is 954. The number of carboxylic acids is 2. The molecule has 14 nitrogen and oxygen atoms in total. The van der Waals surface area contributed by atoms with Crippen molar-refractivity contribution in [3.63, 3.8) is 0 Å². The Labute approximate surface area is 206 Å². The Morgan fingerprint density at radius 3 is 1.89 bits per heavy atom. The Morgan fingerprint density at radius 2 is 1.39 bits per heavy atom. The Balaban J connectivity index is 3.04. The maximum Gasteiger partial charge on any atom is 0.326 e. The summed E-state index contributed by atoms with van der Waals surface area (Å²) in [5.74, 6) is -6.67. The van der Waals surface area contributed by atoms with Crippen LogP contribution in [0.2, 0.25) is 0 Å². The van der Waals surface area contributed by atoms with Gasteiger partial charge in [0.25, 0.3) is 0 Å². The first-order valence-electron chi connectivity index (χ1n) is 10.9. The van der Waals surface area contributed by atoms with Crippen molar-refractivity contribution in [2.24, 2.45) is 11.5 Å². The summed E-state index contributed by atoms with van der Waals surface area (Å²) in [6, 6.07) is 2.44. The number of hydrogen-bond acceptors (Lipinski definition) is 8. The second-order valence-corrected chi connectivity index (χ2v) is 8.08. The Hall–Kier alpha value is -4.04. The van der Waals surface area contributed by atoms with E-state index in [0.717, 1.165) is 0 Å². The standard InChI is InChI=1S/C22H31N5O9/c1-11(28)18(24)21(34)25-13(7-8-17(30)31)19(32)26-14(10-16(23)29)20(33)27-15(22(35)36)9-12-5-3-2-4-6-12/h2-6,11,13-15,18,28H,7-10,24H2,1H3,(H2,23,29)(H,25,34)(H,26,32)(H,27,33)(H,30,31)(H,35,36). The van der Waals surface area contributed by atoms with Gasteiger partial charge in [-0.1, -0.05) is 30.3 Å². The predicted molar refractivity (Wildman–Crippen MR) is 124 cm³/mol. The molecule has 0 saturated carbocycles. The van der Waals surface area contributed by atoms with Gasteiger partial charge in [0, 0.05) is 12.8 Å². The summed E-state index contributed by atoms with van der Waals surface area (Å²) in [5.41, 5.74) is 11.3. The number of aliphatic hydroxyl groups is 1. The number of nitrogens with two attached hydrogens (primary N) is 2. The van der Waals surface area contributed by atoms with Crippen LogP contribution in [0.5, 0.6) is 0 Å². The van der Waals surface area contributed by atoms with Crippen LogP contribution in [0, 0.1) is 0 Å². The van der Waals surface area contributed by atoms with Crippen molar-refractivity contribution in [3.05, 3.63) is 35.9 Å². The van der Waals surface area contributed by atoms with Crippen molar-refractivity contribution < 1.29 is 44.1 Å². The highest BCUT2D eigenvalue weighted by Gasteiger charge is 2.32. The number of amides is 4. The molecule has 0 fully saturated rings. The number of nitrogens with one attached hydrogen (secondary N) is 3. The normalized spacial score (nSPS) is 14.9. The molecule has 1 aromatic rings. The van der Waals surface area contributed by atoms with Crippen molar-refractivity contribution >= 4 is 35.6 Å². The maximum absolute atomic E-state index is 12.8. The lowest BCUT2D eigenvalue weighted by molar-refractivity contribution is -0.142. The molecule has 198 valence electrons. The minimum atomic E-state index is -1.62. The topological polar surface area (TPSA) is 251 Å². The zero-order valence-corrected chi connectivity index (χ0v) is 19.5. The van der Waals surface area contributed by atoms with Crippen LogP contribution in [-0.2, 0) is 35.2 Å². The third-order valence-corrected chi connectivity index (χ3v) is 5.04. The number of aliphatic carboxylic acids is 2. The van der Waals surface area contributed by atoms with Crippen LogP contribution in [0.25, 0.3) is 0 Å². The molecule has 1 rings (SSSR count). The summed E-state index contributed by atoms with van der Waals surface area (Å²) in [4.78, 5) is 72.0. The molecule has 0 aliphatic carbocycles. The van der Waals surface area contributed by atoms with Gasteiger partial charge in [0.2, 0.25) is 23.6 Å². The monoisotopic (exact) mass is 509 g/mol. The summed E-state index contributed by atoms with van der Waals surface area (Å²) in [5, 5.41) is 34.6. The van der Waals surface area contributed by atoms with E-state index in [9.17, 15) is 39.0 Å². The number of aliphatic hydroxyl groups excluding tert-OH is 1. The molecule has 0 radical (unpaired) electrons. The van der Waals surface area contributed by atoms with Crippen molar-refractivity contribution in [2.75, 3.05) is 0 Å². The lowest BCUT2D eigenvalue weighted by atomic mass is 10.0. The quantitative estimate of drug-likeness (QED) is 0.121. The molecule has 0 aliphatic heterocycles. The highest BCUT2D eigenvalue weighted by Crippen LogP contribution is 2.06. The number of hydrogen-bond donors (Lipinski definition) is 8. The molecule has 4 amide bonds. The van der Waals surface area contributed by atoms with Gasteiger partial charge >= 0.3 is 11.9 Å². The molecule has 0 bridgehead atoms. The third kappa shape index (κ3) is 10.5. The Kier molecular flexibility index (Phi) is 12.0. The van der Waals surface area contributed by atoms with Gasteiger partial charge in [-0.25, -0.2) is 4.79 Å². The highest BCUT2D eigenvalue weighted by molar-refractivity contribution is 5.96. The summed E-state index contributed by atoms with van der Waals surface area (Å²) in [7, 11) is 0. The molecule has 0 saturated heterocycles. The number of carbonyl (C=O) groups is 6. The second kappa shape index (κ2) is 14.4. The van der Waals surface area contributed by atoms with Crippen LogP contribution in [-0.4, -0.2) is 81.2 Å². The molecular formula is C22H31N5O9. The van der Waals surface area contributed by atoms with Gasteiger partial charge in [0.05, 0.1) is 12.5 Å². The van der Waals surface area contributed by atoms with E-state index >= 15 is 0 Å². The SMILES string of the molecule is CC(O)C(N)C(=O)NC(CCC(=O)O)C(=O)NC(CC(N)=O)C(=O)NC(Cc1ccccc1)C(=O)O. The highest BCUT2D eigenvalue weighted by atomic mass is 16.4. The smallest absolute Gasteiger partial charge is 0.326 e. The van der Waals surface area contributed by atoms with E-state index in [1.54, 1.807) is 30.3 Å². The average Bonchev–Trinajstić information content (AvgIpc) is 2.80. The molecular weight excluding hydrogens is 478 g/mol. The molecule has 36 heavy (non-hydrogen) atoms. The van der Waals surface area contributed by atoms with Gasteiger partial charge < -0.3 is 42.7 Å². The van der Waals surface area contributed by atoms with Crippen LogP contribution < -0.4 is 27.4 Å². The van der Waals surface area contributed by atoms with E-state index in [1.165, 1.54) is 6.92 Å². The van der Waals surface area contributed by atoms with Gasteiger partial charge in [0.1, 0.15) is 24.2 Å². The molecule has 14 heteroatoms. The molecule has 0 aliphatic rings. The van der Waals surface area contributed by atoms with E-state index in [1.807, 2.05) is 0 Å². The van der Waals surface area contributed by atoms with Gasteiger partial charge in [-0.15, -0.1) is 0 Å². The van der Waals surface area contributed by atoms with Crippen LogP contribution in [0.1, 0.15) is 31.7 Å². The zero-order valence-electron chi connectivity index (χ0n) is 19.5. The molecule has 5 atom stereocenters. The van der Waals surface area contributed by atoms with Gasteiger partial charge in [-0.05, 0) is 18.9 Å². The third-order valence-electron chi connectivity index (χ3n) is 5.04.